The van der Waals surface area contributed by atoms with E-state index in [1.165, 1.54) is 5.56 Å². The number of benzene rings is 1. The molecule has 1 amide bonds. The van der Waals surface area contributed by atoms with E-state index >= 15 is 0 Å². The van der Waals surface area contributed by atoms with Crippen LogP contribution in [0, 0.1) is 5.92 Å². The predicted molar refractivity (Wildman–Crippen MR) is 80.2 cm³/mol. The van der Waals surface area contributed by atoms with Crippen molar-refractivity contribution >= 4 is 17.3 Å². The van der Waals surface area contributed by atoms with Crippen LogP contribution in [0.1, 0.15) is 45.1 Å². The van der Waals surface area contributed by atoms with Crippen LogP contribution in [0.2, 0.25) is 0 Å². The van der Waals surface area contributed by atoms with E-state index in [2.05, 4.69) is 13.8 Å². The molecule has 0 saturated carbocycles. The first-order valence-electron chi connectivity index (χ1n) is 7.37. The SMILES string of the molecule is CCCC(CCC)C(=O)N1CCc2cc(N)ccc21. The summed E-state index contributed by atoms with van der Waals surface area (Å²) in [6, 6.07) is 5.88. The van der Waals surface area contributed by atoms with Crippen molar-refractivity contribution in [2.24, 2.45) is 5.92 Å². The van der Waals surface area contributed by atoms with E-state index in [9.17, 15) is 4.79 Å². The number of nitrogen functional groups attached to an aromatic ring is 1. The zero-order valence-electron chi connectivity index (χ0n) is 12.0. The van der Waals surface area contributed by atoms with Gasteiger partial charge in [0.15, 0.2) is 0 Å². The zero-order valence-corrected chi connectivity index (χ0v) is 12.0. The van der Waals surface area contributed by atoms with Crippen molar-refractivity contribution in [3.8, 4) is 0 Å². The molecule has 0 radical (unpaired) electrons. The molecule has 2 N–H and O–H groups in total. The lowest BCUT2D eigenvalue weighted by Gasteiger charge is -2.23. The van der Waals surface area contributed by atoms with Crippen LogP contribution in [0.5, 0.6) is 0 Å². The van der Waals surface area contributed by atoms with E-state index in [0.29, 0.717) is 5.91 Å². The standard InChI is InChI=1S/C16H24N2O/c1-3-5-12(6-4-2)16(19)18-10-9-13-11-14(17)7-8-15(13)18/h7-8,11-12H,3-6,9-10,17H2,1-2H3. The number of anilines is 2. The van der Waals surface area contributed by atoms with Crippen LogP contribution in [0.15, 0.2) is 18.2 Å². The fourth-order valence-electron chi connectivity index (χ4n) is 2.96. The highest BCUT2D eigenvalue weighted by Crippen LogP contribution is 2.32. The Bertz CT molecular complexity index is 450. The molecule has 0 bridgehead atoms. The van der Waals surface area contributed by atoms with Gasteiger partial charge in [0.25, 0.3) is 0 Å². The molecule has 0 aliphatic carbocycles. The minimum atomic E-state index is 0.179. The molecule has 0 atom stereocenters. The van der Waals surface area contributed by atoms with Crippen LogP contribution >= 0.6 is 0 Å². The van der Waals surface area contributed by atoms with Gasteiger partial charge in [0.2, 0.25) is 5.91 Å². The number of fused-ring (bicyclic) bond motifs is 1. The van der Waals surface area contributed by atoms with Crippen LogP contribution in [0.4, 0.5) is 11.4 Å². The summed E-state index contributed by atoms with van der Waals surface area (Å²) in [4.78, 5) is 14.6. The summed E-state index contributed by atoms with van der Waals surface area (Å²) in [6.07, 6.45) is 5.05. The maximum absolute atomic E-state index is 12.7. The van der Waals surface area contributed by atoms with E-state index in [1.54, 1.807) is 0 Å². The highest BCUT2D eigenvalue weighted by atomic mass is 16.2. The van der Waals surface area contributed by atoms with Gasteiger partial charge >= 0.3 is 0 Å². The van der Waals surface area contributed by atoms with Gasteiger partial charge in [-0.2, -0.15) is 0 Å². The zero-order chi connectivity index (χ0) is 13.8. The third-order valence-corrected chi connectivity index (χ3v) is 3.89. The van der Waals surface area contributed by atoms with Gasteiger partial charge < -0.3 is 10.6 Å². The molecule has 1 aliphatic heterocycles. The number of nitrogens with zero attached hydrogens (tertiary/aromatic N) is 1. The summed E-state index contributed by atoms with van der Waals surface area (Å²) in [5.74, 6) is 0.478. The van der Waals surface area contributed by atoms with Crippen LogP contribution in [0.3, 0.4) is 0 Å². The van der Waals surface area contributed by atoms with E-state index in [1.807, 2.05) is 23.1 Å². The molecule has 3 nitrogen and oxygen atoms in total. The Morgan fingerprint density at radius 1 is 1.32 bits per heavy atom. The quantitative estimate of drug-likeness (QED) is 0.825. The Morgan fingerprint density at radius 3 is 2.63 bits per heavy atom. The van der Waals surface area contributed by atoms with Gasteiger partial charge in [-0.1, -0.05) is 26.7 Å². The Labute approximate surface area is 115 Å². The Hall–Kier alpha value is -1.51. The number of rotatable bonds is 5. The highest BCUT2D eigenvalue weighted by Gasteiger charge is 2.29. The van der Waals surface area contributed by atoms with Gasteiger partial charge in [-0.05, 0) is 43.0 Å². The smallest absolute Gasteiger partial charge is 0.230 e. The molecule has 19 heavy (non-hydrogen) atoms. The monoisotopic (exact) mass is 260 g/mol. The summed E-state index contributed by atoms with van der Waals surface area (Å²) in [5, 5.41) is 0. The number of carbonyl (C=O) groups is 1. The van der Waals surface area contributed by atoms with Crippen LogP contribution in [0.25, 0.3) is 0 Å². The lowest BCUT2D eigenvalue weighted by Crippen LogP contribution is -2.34. The van der Waals surface area contributed by atoms with Gasteiger partial charge in [0, 0.05) is 23.8 Å². The molecule has 0 saturated heterocycles. The predicted octanol–water partition coefficient (Wildman–Crippen LogP) is 3.37. The van der Waals surface area contributed by atoms with Gasteiger partial charge in [0.05, 0.1) is 0 Å². The molecule has 1 aromatic rings. The first-order valence-corrected chi connectivity index (χ1v) is 7.37. The van der Waals surface area contributed by atoms with Crippen molar-refractivity contribution in [2.45, 2.75) is 46.0 Å². The van der Waals surface area contributed by atoms with E-state index in [0.717, 1.165) is 50.0 Å². The summed E-state index contributed by atoms with van der Waals surface area (Å²) in [7, 11) is 0. The second-order valence-corrected chi connectivity index (χ2v) is 5.40. The molecule has 2 rings (SSSR count). The van der Waals surface area contributed by atoms with Crippen molar-refractivity contribution in [2.75, 3.05) is 17.2 Å². The summed E-state index contributed by atoms with van der Waals surface area (Å²) >= 11 is 0. The van der Waals surface area contributed by atoms with Crippen molar-refractivity contribution in [1.82, 2.24) is 0 Å². The molecule has 1 heterocycles. The maximum atomic E-state index is 12.7. The Morgan fingerprint density at radius 2 is 2.00 bits per heavy atom. The molecule has 1 aromatic carbocycles. The van der Waals surface area contributed by atoms with Gasteiger partial charge in [0.1, 0.15) is 0 Å². The molecule has 0 aromatic heterocycles. The molecule has 0 spiro atoms. The molecular weight excluding hydrogens is 236 g/mol. The number of carbonyl (C=O) groups excluding carboxylic acids is 1. The van der Waals surface area contributed by atoms with E-state index in [-0.39, 0.29) is 5.92 Å². The minimum absolute atomic E-state index is 0.179. The molecule has 0 fully saturated rings. The van der Waals surface area contributed by atoms with Gasteiger partial charge in [-0.25, -0.2) is 0 Å². The van der Waals surface area contributed by atoms with E-state index in [4.69, 9.17) is 5.73 Å². The second kappa shape index (κ2) is 6.09. The van der Waals surface area contributed by atoms with E-state index < -0.39 is 0 Å². The molecule has 1 aliphatic rings. The number of amides is 1. The summed E-state index contributed by atoms with van der Waals surface area (Å²) in [5.41, 5.74) is 8.86. The third-order valence-electron chi connectivity index (χ3n) is 3.89. The second-order valence-electron chi connectivity index (χ2n) is 5.40. The average Bonchev–Trinajstić information content (AvgIpc) is 2.80. The van der Waals surface area contributed by atoms with Crippen LogP contribution < -0.4 is 10.6 Å². The maximum Gasteiger partial charge on any atom is 0.230 e. The van der Waals surface area contributed by atoms with Crippen LogP contribution in [-0.2, 0) is 11.2 Å². The summed E-state index contributed by atoms with van der Waals surface area (Å²) < 4.78 is 0. The highest BCUT2D eigenvalue weighted by molar-refractivity contribution is 5.97. The van der Waals surface area contributed by atoms with Crippen molar-refractivity contribution in [3.05, 3.63) is 23.8 Å². The fourth-order valence-corrected chi connectivity index (χ4v) is 2.96. The largest absolute Gasteiger partial charge is 0.399 e. The lowest BCUT2D eigenvalue weighted by atomic mass is 9.96. The average molecular weight is 260 g/mol. The van der Waals surface area contributed by atoms with Crippen molar-refractivity contribution in [3.63, 3.8) is 0 Å². The fraction of sp³-hybridized carbons (Fsp3) is 0.562. The van der Waals surface area contributed by atoms with Crippen molar-refractivity contribution < 1.29 is 4.79 Å². The molecule has 104 valence electrons. The molecule has 3 heteroatoms. The normalized spacial score (nSPS) is 13.9. The van der Waals surface area contributed by atoms with Crippen molar-refractivity contribution in [1.29, 1.82) is 0 Å². The Kier molecular flexibility index (Phi) is 4.46. The first-order chi connectivity index (χ1) is 9.17. The molecule has 0 unspecified atom stereocenters. The topological polar surface area (TPSA) is 46.3 Å². The van der Waals surface area contributed by atoms with Gasteiger partial charge in [-0.15, -0.1) is 0 Å². The number of nitrogens with two attached hydrogens (primary N) is 1. The van der Waals surface area contributed by atoms with Crippen LogP contribution in [-0.4, -0.2) is 12.5 Å². The summed E-state index contributed by atoms with van der Waals surface area (Å²) in [6.45, 7) is 5.10. The van der Waals surface area contributed by atoms with Gasteiger partial charge in [-0.3, -0.25) is 4.79 Å². The number of hydrogen-bond donors (Lipinski definition) is 1. The first kappa shape index (κ1) is 13.9. The molecular formula is C16H24N2O. The number of hydrogen-bond acceptors (Lipinski definition) is 2. The minimum Gasteiger partial charge on any atom is -0.399 e. The lowest BCUT2D eigenvalue weighted by molar-refractivity contribution is -0.122. The Balaban J connectivity index is 2.17. The third kappa shape index (κ3) is 2.91.